The van der Waals surface area contributed by atoms with Crippen LogP contribution in [-0.4, -0.2) is 6.04 Å². The summed E-state index contributed by atoms with van der Waals surface area (Å²) in [6.45, 7) is 11.1. The summed E-state index contributed by atoms with van der Waals surface area (Å²) in [7, 11) is 0. The van der Waals surface area contributed by atoms with E-state index in [9.17, 15) is 0 Å². The maximum Gasteiger partial charge on any atom is 0.00105 e. The first-order valence-electron chi connectivity index (χ1n) is 6.77. The minimum atomic E-state index is 0.325. The Bertz CT molecular complexity index is 364. The van der Waals surface area contributed by atoms with E-state index in [1.807, 2.05) is 0 Å². The van der Waals surface area contributed by atoms with Crippen LogP contribution in [-0.2, 0) is 6.42 Å². The third-order valence-corrected chi connectivity index (χ3v) is 3.51. The average Bonchev–Trinajstić information content (AvgIpc) is 2.22. The van der Waals surface area contributed by atoms with Gasteiger partial charge in [-0.2, -0.15) is 0 Å². The standard InChI is InChI=1S/C16H27N/c1-11(2)16-10-15(8-6-7-13(4)17)9-12(3)14(16)5/h9-11,13H,6-8,17H2,1-5H3. The van der Waals surface area contributed by atoms with E-state index >= 15 is 0 Å². The molecule has 0 fully saturated rings. The second kappa shape index (κ2) is 6.20. The van der Waals surface area contributed by atoms with Gasteiger partial charge in [-0.3, -0.25) is 0 Å². The van der Waals surface area contributed by atoms with E-state index in [0.717, 1.165) is 12.8 Å². The Hall–Kier alpha value is -0.820. The fraction of sp³-hybridized carbons (Fsp3) is 0.625. The number of aryl methyl sites for hydroxylation is 2. The lowest BCUT2D eigenvalue weighted by Gasteiger charge is -2.15. The van der Waals surface area contributed by atoms with Crippen LogP contribution < -0.4 is 5.73 Å². The number of hydrogen-bond acceptors (Lipinski definition) is 1. The summed E-state index contributed by atoms with van der Waals surface area (Å²) in [5.74, 6) is 0.613. The molecule has 1 atom stereocenters. The van der Waals surface area contributed by atoms with Crippen molar-refractivity contribution in [3.63, 3.8) is 0 Å². The summed E-state index contributed by atoms with van der Waals surface area (Å²) in [6, 6.07) is 5.04. The van der Waals surface area contributed by atoms with Crippen molar-refractivity contribution in [2.24, 2.45) is 5.73 Å². The maximum absolute atomic E-state index is 5.79. The molecule has 0 aliphatic carbocycles. The molecule has 1 aromatic rings. The second-order valence-electron chi connectivity index (χ2n) is 5.65. The van der Waals surface area contributed by atoms with E-state index in [2.05, 4.69) is 46.8 Å². The van der Waals surface area contributed by atoms with Crippen molar-refractivity contribution in [3.8, 4) is 0 Å². The fourth-order valence-electron chi connectivity index (χ4n) is 2.34. The van der Waals surface area contributed by atoms with Crippen LogP contribution >= 0.6 is 0 Å². The van der Waals surface area contributed by atoms with Gasteiger partial charge in [-0.15, -0.1) is 0 Å². The number of nitrogens with two attached hydrogens (primary N) is 1. The SMILES string of the molecule is Cc1cc(CCCC(C)N)cc(C(C)C)c1C. The van der Waals surface area contributed by atoms with Crippen molar-refractivity contribution in [2.75, 3.05) is 0 Å². The fourth-order valence-corrected chi connectivity index (χ4v) is 2.34. The van der Waals surface area contributed by atoms with Crippen LogP contribution in [0.15, 0.2) is 12.1 Å². The first kappa shape index (κ1) is 14.2. The highest BCUT2D eigenvalue weighted by Crippen LogP contribution is 2.24. The maximum atomic E-state index is 5.79. The normalized spacial score (nSPS) is 13.1. The number of hydrogen-bond donors (Lipinski definition) is 1. The van der Waals surface area contributed by atoms with Gasteiger partial charge >= 0.3 is 0 Å². The Morgan fingerprint density at radius 1 is 1.12 bits per heavy atom. The van der Waals surface area contributed by atoms with Crippen LogP contribution in [0, 0.1) is 13.8 Å². The van der Waals surface area contributed by atoms with E-state index in [-0.39, 0.29) is 0 Å². The second-order valence-corrected chi connectivity index (χ2v) is 5.65. The minimum Gasteiger partial charge on any atom is -0.328 e. The van der Waals surface area contributed by atoms with E-state index in [4.69, 9.17) is 5.73 Å². The average molecular weight is 233 g/mol. The van der Waals surface area contributed by atoms with Crippen molar-refractivity contribution in [1.82, 2.24) is 0 Å². The lowest BCUT2D eigenvalue weighted by atomic mass is 9.91. The molecule has 0 aromatic heterocycles. The molecular formula is C16H27N. The van der Waals surface area contributed by atoms with Gasteiger partial charge in [0.2, 0.25) is 0 Å². The highest BCUT2D eigenvalue weighted by Gasteiger charge is 2.08. The third kappa shape index (κ3) is 4.16. The van der Waals surface area contributed by atoms with Gasteiger partial charge in [0.15, 0.2) is 0 Å². The molecule has 0 bridgehead atoms. The van der Waals surface area contributed by atoms with Gasteiger partial charge < -0.3 is 5.73 Å². The molecule has 0 amide bonds. The van der Waals surface area contributed by atoms with E-state index in [1.165, 1.54) is 28.7 Å². The van der Waals surface area contributed by atoms with Crippen LogP contribution in [0.3, 0.4) is 0 Å². The predicted octanol–water partition coefficient (Wildman–Crippen LogP) is 4.10. The number of rotatable bonds is 5. The van der Waals surface area contributed by atoms with Crippen molar-refractivity contribution in [1.29, 1.82) is 0 Å². The Labute approximate surface area is 106 Å². The predicted molar refractivity (Wildman–Crippen MR) is 76.6 cm³/mol. The molecule has 0 saturated carbocycles. The molecule has 17 heavy (non-hydrogen) atoms. The summed E-state index contributed by atoms with van der Waals surface area (Å²) >= 11 is 0. The van der Waals surface area contributed by atoms with E-state index in [0.29, 0.717) is 12.0 Å². The molecule has 2 N–H and O–H groups in total. The molecular weight excluding hydrogens is 206 g/mol. The smallest absolute Gasteiger partial charge is 0.00105 e. The Morgan fingerprint density at radius 2 is 1.76 bits per heavy atom. The largest absolute Gasteiger partial charge is 0.328 e. The summed E-state index contributed by atoms with van der Waals surface area (Å²) < 4.78 is 0. The number of benzene rings is 1. The molecule has 0 radical (unpaired) electrons. The molecule has 0 heterocycles. The van der Waals surface area contributed by atoms with Gasteiger partial charge in [-0.25, -0.2) is 0 Å². The van der Waals surface area contributed by atoms with Crippen molar-refractivity contribution >= 4 is 0 Å². The van der Waals surface area contributed by atoms with Gasteiger partial charge in [0.05, 0.1) is 0 Å². The van der Waals surface area contributed by atoms with Gasteiger partial charge in [0.1, 0.15) is 0 Å². The molecule has 0 aliphatic heterocycles. The molecule has 1 unspecified atom stereocenters. The Morgan fingerprint density at radius 3 is 2.29 bits per heavy atom. The molecule has 1 rings (SSSR count). The zero-order chi connectivity index (χ0) is 13.0. The first-order chi connectivity index (χ1) is 7.91. The first-order valence-corrected chi connectivity index (χ1v) is 6.77. The van der Waals surface area contributed by atoms with E-state index in [1.54, 1.807) is 0 Å². The van der Waals surface area contributed by atoms with E-state index < -0.39 is 0 Å². The highest BCUT2D eigenvalue weighted by atomic mass is 14.6. The van der Waals surface area contributed by atoms with Crippen molar-refractivity contribution < 1.29 is 0 Å². The topological polar surface area (TPSA) is 26.0 Å². The molecule has 0 spiro atoms. The van der Waals surface area contributed by atoms with Gasteiger partial charge in [0, 0.05) is 6.04 Å². The van der Waals surface area contributed by atoms with Crippen LogP contribution in [0.5, 0.6) is 0 Å². The Balaban J connectivity index is 2.80. The summed E-state index contributed by atoms with van der Waals surface area (Å²) in [5.41, 5.74) is 11.6. The lowest BCUT2D eigenvalue weighted by molar-refractivity contribution is 0.624. The Kier molecular flexibility index (Phi) is 5.20. The van der Waals surface area contributed by atoms with Gasteiger partial charge in [-0.1, -0.05) is 26.0 Å². The zero-order valence-electron chi connectivity index (χ0n) is 12.0. The summed E-state index contributed by atoms with van der Waals surface area (Å²) in [6.07, 6.45) is 3.46. The van der Waals surface area contributed by atoms with Crippen LogP contribution in [0.1, 0.15) is 61.8 Å². The summed E-state index contributed by atoms with van der Waals surface area (Å²) in [5, 5.41) is 0. The molecule has 0 aliphatic rings. The van der Waals surface area contributed by atoms with Crippen LogP contribution in [0.2, 0.25) is 0 Å². The highest BCUT2D eigenvalue weighted by molar-refractivity contribution is 5.39. The van der Waals surface area contributed by atoms with Gasteiger partial charge in [-0.05, 0) is 68.2 Å². The third-order valence-electron chi connectivity index (χ3n) is 3.51. The zero-order valence-corrected chi connectivity index (χ0v) is 12.0. The molecule has 1 heteroatoms. The lowest BCUT2D eigenvalue weighted by Crippen LogP contribution is -2.14. The minimum absolute atomic E-state index is 0.325. The summed E-state index contributed by atoms with van der Waals surface area (Å²) in [4.78, 5) is 0. The monoisotopic (exact) mass is 233 g/mol. The van der Waals surface area contributed by atoms with Gasteiger partial charge in [0.25, 0.3) is 0 Å². The van der Waals surface area contributed by atoms with Crippen LogP contribution in [0.25, 0.3) is 0 Å². The molecule has 96 valence electrons. The molecule has 0 saturated heterocycles. The van der Waals surface area contributed by atoms with Crippen LogP contribution in [0.4, 0.5) is 0 Å². The quantitative estimate of drug-likeness (QED) is 0.814. The molecule has 1 nitrogen and oxygen atoms in total. The van der Waals surface area contributed by atoms with Crippen molar-refractivity contribution in [3.05, 3.63) is 34.4 Å². The molecule has 1 aromatic carbocycles. The van der Waals surface area contributed by atoms with Crippen molar-refractivity contribution in [2.45, 2.75) is 65.8 Å².